The number of aromatic carboxylic acids is 1. The molecule has 0 saturated carbocycles. The number of anilines is 1. The van der Waals surface area contributed by atoms with Gasteiger partial charge in [-0.2, -0.15) is 5.26 Å². The summed E-state index contributed by atoms with van der Waals surface area (Å²) in [6.45, 7) is 1.89. The molecule has 25 heavy (non-hydrogen) atoms. The Labute approximate surface area is 145 Å². The van der Waals surface area contributed by atoms with Gasteiger partial charge >= 0.3 is 5.97 Å². The molecule has 6 heteroatoms. The van der Waals surface area contributed by atoms with Gasteiger partial charge in [0.1, 0.15) is 23.0 Å². The quantitative estimate of drug-likeness (QED) is 0.645. The average molecular weight is 336 g/mol. The predicted molar refractivity (Wildman–Crippen MR) is 93.4 cm³/mol. The highest BCUT2D eigenvalue weighted by Crippen LogP contribution is 2.21. The van der Waals surface area contributed by atoms with E-state index in [2.05, 4.69) is 5.32 Å². The van der Waals surface area contributed by atoms with Crippen molar-refractivity contribution in [2.45, 2.75) is 6.92 Å². The lowest BCUT2D eigenvalue weighted by molar-refractivity contribution is -0.112. The Hall–Kier alpha value is -3.59. The van der Waals surface area contributed by atoms with Crippen LogP contribution in [0.5, 0.6) is 5.75 Å². The second-order valence-corrected chi connectivity index (χ2v) is 5.26. The Morgan fingerprint density at radius 1 is 1.24 bits per heavy atom. The number of carboxylic acids is 1. The molecule has 126 valence electrons. The Morgan fingerprint density at radius 2 is 2.00 bits per heavy atom. The standard InChI is InChI=1S/C19H16N2O4/c1-12-4-3-5-15(8-12)21-18(22)14(11-20)9-13-6-7-17(25-2)16(10-13)19(23)24/h3-10H,1-2H3,(H,21,22)(H,23,24). The lowest BCUT2D eigenvalue weighted by atomic mass is 10.1. The molecule has 0 saturated heterocycles. The van der Waals surface area contributed by atoms with Gasteiger partial charge in [-0.05, 0) is 48.4 Å². The first-order chi connectivity index (χ1) is 11.9. The van der Waals surface area contributed by atoms with Crippen LogP contribution in [0.4, 0.5) is 5.69 Å². The Bertz CT molecular complexity index is 895. The van der Waals surface area contributed by atoms with Crippen LogP contribution >= 0.6 is 0 Å². The summed E-state index contributed by atoms with van der Waals surface area (Å²) in [5.41, 5.74) is 1.78. The summed E-state index contributed by atoms with van der Waals surface area (Å²) in [5, 5.41) is 21.1. The molecule has 0 aliphatic carbocycles. The van der Waals surface area contributed by atoms with Crippen molar-refractivity contribution in [2.75, 3.05) is 12.4 Å². The molecule has 0 bridgehead atoms. The van der Waals surface area contributed by atoms with Gasteiger partial charge in [-0.15, -0.1) is 0 Å². The Kier molecular flexibility index (Phi) is 5.54. The molecule has 0 aliphatic heterocycles. The number of benzene rings is 2. The molecule has 0 fully saturated rings. The molecule has 0 atom stereocenters. The fourth-order valence-electron chi connectivity index (χ4n) is 2.22. The van der Waals surface area contributed by atoms with Crippen molar-refractivity contribution in [3.63, 3.8) is 0 Å². The number of amides is 1. The highest BCUT2D eigenvalue weighted by molar-refractivity contribution is 6.09. The van der Waals surface area contributed by atoms with E-state index < -0.39 is 11.9 Å². The SMILES string of the molecule is COc1ccc(C=C(C#N)C(=O)Nc2cccc(C)c2)cc1C(=O)O. The summed E-state index contributed by atoms with van der Waals surface area (Å²) in [4.78, 5) is 23.5. The molecule has 0 heterocycles. The molecule has 1 amide bonds. The van der Waals surface area contributed by atoms with Crippen LogP contribution in [0.15, 0.2) is 48.0 Å². The average Bonchev–Trinajstić information content (AvgIpc) is 2.59. The van der Waals surface area contributed by atoms with Crippen molar-refractivity contribution in [2.24, 2.45) is 0 Å². The first-order valence-corrected chi connectivity index (χ1v) is 7.35. The van der Waals surface area contributed by atoms with Crippen molar-refractivity contribution in [1.82, 2.24) is 0 Å². The maximum Gasteiger partial charge on any atom is 0.339 e. The number of carbonyl (C=O) groups is 2. The monoisotopic (exact) mass is 336 g/mol. The van der Waals surface area contributed by atoms with Crippen molar-refractivity contribution >= 4 is 23.6 Å². The molecular formula is C19H16N2O4. The fraction of sp³-hybridized carbons (Fsp3) is 0.105. The zero-order valence-corrected chi connectivity index (χ0v) is 13.7. The van der Waals surface area contributed by atoms with E-state index in [0.717, 1.165) is 5.56 Å². The van der Waals surface area contributed by atoms with Gasteiger partial charge in [-0.3, -0.25) is 4.79 Å². The van der Waals surface area contributed by atoms with Crippen LogP contribution < -0.4 is 10.1 Å². The van der Waals surface area contributed by atoms with Gasteiger partial charge < -0.3 is 15.2 Å². The number of hydrogen-bond donors (Lipinski definition) is 2. The number of carboxylic acid groups (broad SMARTS) is 1. The van der Waals surface area contributed by atoms with Crippen LogP contribution in [0.2, 0.25) is 0 Å². The number of nitriles is 1. The third-order valence-electron chi connectivity index (χ3n) is 3.41. The first-order valence-electron chi connectivity index (χ1n) is 7.35. The van der Waals surface area contributed by atoms with Gasteiger partial charge in [0.15, 0.2) is 0 Å². The number of nitrogens with one attached hydrogen (secondary N) is 1. The van der Waals surface area contributed by atoms with E-state index in [1.54, 1.807) is 24.3 Å². The lowest BCUT2D eigenvalue weighted by Gasteiger charge is -2.07. The summed E-state index contributed by atoms with van der Waals surface area (Å²) in [5.74, 6) is -1.53. The van der Waals surface area contributed by atoms with Gasteiger partial charge in [-0.1, -0.05) is 18.2 Å². The fourth-order valence-corrected chi connectivity index (χ4v) is 2.22. The molecule has 2 aromatic carbocycles. The van der Waals surface area contributed by atoms with Crippen molar-refractivity contribution < 1.29 is 19.4 Å². The predicted octanol–water partition coefficient (Wildman–Crippen LogP) is 3.25. The maximum absolute atomic E-state index is 12.3. The highest BCUT2D eigenvalue weighted by Gasteiger charge is 2.13. The van der Waals surface area contributed by atoms with E-state index in [9.17, 15) is 20.0 Å². The molecule has 0 aliphatic rings. The van der Waals surface area contributed by atoms with Gasteiger partial charge in [0, 0.05) is 5.69 Å². The van der Waals surface area contributed by atoms with Gasteiger partial charge in [0.05, 0.1) is 7.11 Å². The summed E-state index contributed by atoms with van der Waals surface area (Å²) < 4.78 is 4.98. The summed E-state index contributed by atoms with van der Waals surface area (Å²) in [7, 11) is 1.37. The molecule has 2 N–H and O–H groups in total. The number of ether oxygens (including phenoxy) is 1. The third kappa shape index (κ3) is 4.45. The summed E-state index contributed by atoms with van der Waals surface area (Å²) in [6, 6.07) is 13.4. The minimum absolute atomic E-state index is 0.0485. The van der Waals surface area contributed by atoms with Crippen molar-refractivity contribution in [3.8, 4) is 11.8 Å². The van der Waals surface area contributed by atoms with Gasteiger partial charge in [0.25, 0.3) is 5.91 Å². The van der Waals surface area contributed by atoms with Crippen molar-refractivity contribution in [1.29, 1.82) is 5.26 Å². The summed E-state index contributed by atoms with van der Waals surface area (Å²) >= 11 is 0. The molecule has 0 aromatic heterocycles. The van der Waals surface area contributed by atoms with E-state index in [0.29, 0.717) is 11.3 Å². The molecule has 2 rings (SSSR count). The zero-order valence-electron chi connectivity index (χ0n) is 13.7. The van der Waals surface area contributed by atoms with Crippen LogP contribution in [-0.4, -0.2) is 24.1 Å². The van der Waals surface area contributed by atoms with Crippen LogP contribution in [0.3, 0.4) is 0 Å². The summed E-state index contributed by atoms with van der Waals surface area (Å²) in [6.07, 6.45) is 1.33. The number of carbonyl (C=O) groups excluding carboxylic acids is 1. The minimum atomic E-state index is -1.16. The number of aryl methyl sites for hydroxylation is 1. The van der Waals surface area contributed by atoms with Crippen LogP contribution in [0.25, 0.3) is 6.08 Å². The number of hydrogen-bond acceptors (Lipinski definition) is 4. The Balaban J connectivity index is 2.31. The minimum Gasteiger partial charge on any atom is -0.496 e. The number of nitrogens with zero attached hydrogens (tertiary/aromatic N) is 1. The van der Waals surface area contributed by atoms with Crippen LogP contribution in [0.1, 0.15) is 21.5 Å². The van der Waals surface area contributed by atoms with Gasteiger partial charge in [0.2, 0.25) is 0 Å². The van der Waals surface area contributed by atoms with Crippen LogP contribution in [0, 0.1) is 18.3 Å². The van der Waals surface area contributed by atoms with E-state index >= 15 is 0 Å². The molecule has 2 aromatic rings. The molecule has 6 nitrogen and oxygen atoms in total. The molecular weight excluding hydrogens is 320 g/mol. The van der Waals surface area contributed by atoms with E-state index in [4.69, 9.17) is 4.74 Å². The third-order valence-corrected chi connectivity index (χ3v) is 3.41. The smallest absolute Gasteiger partial charge is 0.339 e. The highest BCUT2D eigenvalue weighted by atomic mass is 16.5. The van der Waals surface area contributed by atoms with E-state index in [-0.39, 0.29) is 16.9 Å². The largest absolute Gasteiger partial charge is 0.496 e. The first kappa shape index (κ1) is 17.8. The van der Waals surface area contributed by atoms with Gasteiger partial charge in [-0.25, -0.2) is 4.79 Å². The number of methoxy groups -OCH3 is 1. The topological polar surface area (TPSA) is 99.4 Å². The second kappa shape index (κ2) is 7.79. The molecule has 0 radical (unpaired) electrons. The lowest BCUT2D eigenvalue weighted by Crippen LogP contribution is -2.13. The zero-order chi connectivity index (χ0) is 18.4. The number of rotatable bonds is 5. The normalized spacial score (nSPS) is 10.7. The van der Waals surface area contributed by atoms with Crippen LogP contribution in [-0.2, 0) is 4.79 Å². The maximum atomic E-state index is 12.3. The Morgan fingerprint density at radius 3 is 2.60 bits per heavy atom. The molecule has 0 unspecified atom stereocenters. The van der Waals surface area contributed by atoms with E-state index in [1.807, 2.05) is 19.1 Å². The van der Waals surface area contributed by atoms with E-state index in [1.165, 1.54) is 25.3 Å². The molecule has 0 spiro atoms. The van der Waals surface area contributed by atoms with Crippen molar-refractivity contribution in [3.05, 3.63) is 64.7 Å². The second-order valence-electron chi connectivity index (χ2n) is 5.26.